The van der Waals surface area contributed by atoms with Crippen LogP contribution in [0.2, 0.25) is 5.02 Å². The van der Waals surface area contributed by atoms with Crippen LogP contribution in [-0.4, -0.2) is 34.3 Å². The van der Waals surface area contributed by atoms with Crippen molar-refractivity contribution in [2.24, 2.45) is 35.5 Å². The lowest BCUT2D eigenvalue weighted by Gasteiger charge is -2.37. The van der Waals surface area contributed by atoms with Crippen LogP contribution >= 0.6 is 11.6 Å². The first-order valence-corrected chi connectivity index (χ1v) is 9.65. The number of allylic oxidation sites excluding steroid dienone is 2. The number of nitrogens with one attached hydrogen (secondary N) is 1. The predicted molar refractivity (Wildman–Crippen MR) is 97.8 cm³/mol. The van der Waals surface area contributed by atoms with E-state index in [0.29, 0.717) is 16.9 Å². The van der Waals surface area contributed by atoms with Crippen LogP contribution in [-0.2, 0) is 14.4 Å². The van der Waals surface area contributed by atoms with Crippen LogP contribution < -0.4 is 5.32 Å². The summed E-state index contributed by atoms with van der Waals surface area (Å²) in [6.07, 6.45) is 5.38. The van der Waals surface area contributed by atoms with Gasteiger partial charge in [-0.05, 0) is 42.2 Å². The number of aromatic hydroxyl groups is 1. The van der Waals surface area contributed by atoms with E-state index in [4.69, 9.17) is 11.6 Å². The molecule has 0 spiro atoms. The zero-order valence-corrected chi connectivity index (χ0v) is 15.2. The molecule has 6 rings (SSSR count). The molecule has 1 aromatic rings. The number of halogens is 1. The van der Waals surface area contributed by atoms with Crippen LogP contribution in [0.15, 0.2) is 30.4 Å². The van der Waals surface area contributed by atoms with E-state index in [0.717, 1.165) is 6.42 Å². The van der Waals surface area contributed by atoms with Gasteiger partial charge in [0.15, 0.2) is 0 Å². The zero-order valence-electron chi connectivity index (χ0n) is 14.5. The summed E-state index contributed by atoms with van der Waals surface area (Å²) in [6.45, 7) is 0.0691. The fourth-order valence-electron chi connectivity index (χ4n) is 5.28. The van der Waals surface area contributed by atoms with Crippen molar-refractivity contribution in [1.29, 1.82) is 0 Å². The van der Waals surface area contributed by atoms with E-state index < -0.39 is 0 Å². The molecule has 6 atom stereocenters. The summed E-state index contributed by atoms with van der Waals surface area (Å²) >= 11 is 5.78. The maximum Gasteiger partial charge on any atom is 0.233 e. The molecule has 2 N–H and O–H groups in total. The highest BCUT2D eigenvalue weighted by molar-refractivity contribution is 6.30. The normalized spacial score (nSPS) is 35.2. The monoisotopic (exact) mass is 386 g/mol. The Hall–Kier alpha value is -2.34. The lowest BCUT2D eigenvalue weighted by Crippen LogP contribution is -2.40. The number of carbonyl (C=O) groups excluding carboxylic acids is 3. The van der Waals surface area contributed by atoms with Crippen molar-refractivity contribution in [1.82, 2.24) is 4.90 Å². The first kappa shape index (κ1) is 16.8. The number of phenols is 1. The Morgan fingerprint density at radius 1 is 1.15 bits per heavy atom. The third kappa shape index (κ3) is 2.50. The van der Waals surface area contributed by atoms with Gasteiger partial charge in [-0.2, -0.15) is 0 Å². The highest BCUT2D eigenvalue weighted by Crippen LogP contribution is 2.65. The van der Waals surface area contributed by atoms with Crippen LogP contribution in [0.5, 0.6) is 5.75 Å². The summed E-state index contributed by atoms with van der Waals surface area (Å²) in [4.78, 5) is 39.2. The van der Waals surface area contributed by atoms with Gasteiger partial charge in [0.25, 0.3) is 0 Å². The molecule has 5 aliphatic rings. The van der Waals surface area contributed by atoms with Crippen molar-refractivity contribution in [2.45, 2.75) is 12.8 Å². The van der Waals surface area contributed by atoms with Crippen LogP contribution in [0, 0.1) is 35.5 Å². The Morgan fingerprint density at radius 3 is 2.37 bits per heavy atom. The first-order chi connectivity index (χ1) is 13.0. The number of benzene rings is 1. The van der Waals surface area contributed by atoms with Crippen molar-refractivity contribution in [3.05, 3.63) is 35.4 Å². The second kappa shape index (κ2) is 5.83. The van der Waals surface area contributed by atoms with Gasteiger partial charge in [-0.1, -0.05) is 23.8 Å². The van der Waals surface area contributed by atoms with Crippen molar-refractivity contribution >= 4 is 35.0 Å². The van der Waals surface area contributed by atoms with E-state index >= 15 is 0 Å². The summed E-state index contributed by atoms with van der Waals surface area (Å²) < 4.78 is 0. The molecule has 1 heterocycles. The van der Waals surface area contributed by atoms with Gasteiger partial charge in [0.2, 0.25) is 17.7 Å². The van der Waals surface area contributed by atoms with Gasteiger partial charge >= 0.3 is 0 Å². The number of carbonyl (C=O) groups is 3. The molecule has 0 aromatic heterocycles. The van der Waals surface area contributed by atoms with Crippen LogP contribution in [0.3, 0.4) is 0 Å². The molecule has 7 heteroatoms. The van der Waals surface area contributed by atoms with Gasteiger partial charge in [0.05, 0.1) is 17.5 Å². The number of hydrogen-bond donors (Lipinski definition) is 2. The van der Waals surface area contributed by atoms with E-state index in [2.05, 4.69) is 17.5 Å². The quantitative estimate of drug-likeness (QED) is 0.472. The Morgan fingerprint density at radius 2 is 1.78 bits per heavy atom. The molecular formula is C20H19ClN2O4. The minimum atomic E-state index is -0.368. The van der Waals surface area contributed by atoms with Crippen LogP contribution in [0.25, 0.3) is 0 Å². The van der Waals surface area contributed by atoms with Crippen molar-refractivity contribution in [2.75, 3.05) is 11.9 Å². The highest BCUT2D eigenvalue weighted by Gasteiger charge is 2.66. The third-order valence-corrected chi connectivity index (χ3v) is 6.79. The number of phenolic OH excluding ortho intramolecular Hbond substituents is 1. The molecule has 27 heavy (non-hydrogen) atoms. The maximum absolute atomic E-state index is 12.9. The molecule has 0 radical (unpaired) electrons. The molecule has 3 fully saturated rings. The summed E-state index contributed by atoms with van der Waals surface area (Å²) in [7, 11) is 0. The van der Waals surface area contributed by atoms with Gasteiger partial charge in [-0.15, -0.1) is 0 Å². The van der Waals surface area contributed by atoms with Crippen LogP contribution in [0.4, 0.5) is 5.69 Å². The number of nitrogens with zero attached hydrogens (tertiary/aromatic N) is 1. The number of hydrogen-bond acceptors (Lipinski definition) is 4. The van der Waals surface area contributed by atoms with Crippen LogP contribution in [0.1, 0.15) is 12.8 Å². The second-order valence-electron chi connectivity index (χ2n) is 7.94. The summed E-state index contributed by atoms with van der Waals surface area (Å²) in [5.74, 6) is 0.276. The molecule has 0 unspecified atom stereocenters. The number of imide groups is 1. The van der Waals surface area contributed by atoms with Gasteiger partial charge in [0.1, 0.15) is 5.75 Å². The Balaban J connectivity index is 1.25. The number of likely N-dealkylation sites (tertiary alicyclic amines) is 1. The largest absolute Gasteiger partial charge is 0.506 e. The number of anilines is 1. The minimum absolute atomic E-state index is 0.00535. The predicted octanol–water partition coefficient (Wildman–Crippen LogP) is 2.43. The van der Waals surface area contributed by atoms with Gasteiger partial charge in [-0.3, -0.25) is 19.3 Å². The van der Waals surface area contributed by atoms with Crippen molar-refractivity contribution in [3.63, 3.8) is 0 Å². The second-order valence-corrected chi connectivity index (χ2v) is 8.38. The standard InChI is InChI=1S/C20H19ClN2O4/c21-9-1-4-14(15(24)7-9)22-16(25)5-6-23-19(26)17-10-2-3-11(13-8-12(10)13)18(17)20(23)27/h1-4,7,10-13,17-18,24H,5-6,8H2,(H,22,25)/t10-,11+,12-,13+,17+,18-. The molecule has 2 bridgehead atoms. The Kier molecular flexibility index (Phi) is 3.63. The lowest BCUT2D eigenvalue weighted by molar-refractivity contribution is -0.140. The maximum atomic E-state index is 12.9. The lowest BCUT2D eigenvalue weighted by atomic mass is 9.63. The molecule has 1 saturated heterocycles. The summed E-state index contributed by atoms with van der Waals surface area (Å²) in [6, 6.07) is 4.40. The topological polar surface area (TPSA) is 86.7 Å². The van der Waals surface area contributed by atoms with E-state index in [1.165, 1.54) is 17.0 Å². The smallest absolute Gasteiger partial charge is 0.233 e. The number of amides is 3. The van der Waals surface area contributed by atoms with Gasteiger partial charge in [-0.25, -0.2) is 0 Å². The molecule has 1 aromatic carbocycles. The summed E-state index contributed by atoms with van der Waals surface area (Å²) in [5, 5.41) is 12.8. The van der Waals surface area contributed by atoms with Gasteiger partial charge in [0, 0.05) is 24.1 Å². The highest BCUT2D eigenvalue weighted by atomic mass is 35.5. The Bertz CT molecular complexity index is 862. The van der Waals surface area contributed by atoms with E-state index in [1.54, 1.807) is 6.07 Å². The molecule has 4 aliphatic carbocycles. The molecular weight excluding hydrogens is 368 g/mol. The van der Waals surface area contributed by atoms with Crippen molar-refractivity contribution < 1.29 is 19.5 Å². The van der Waals surface area contributed by atoms with E-state index in [-0.39, 0.29) is 65.8 Å². The molecule has 1 aliphatic heterocycles. The average molecular weight is 387 g/mol. The van der Waals surface area contributed by atoms with Crippen molar-refractivity contribution in [3.8, 4) is 5.75 Å². The van der Waals surface area contributed by atoms with E-state index in [9.17, 15) is 19.5 Å². The average Bonchev–Trinajstić information content (AvgIpc) is 3.41. The van der Waals surface area contributed by atoms with E-state index in [1.807, 2.05) is 0 Å². The molecule has 2 saturated carbocycles. The molecule has 6 nitrogen and oxygen atoms in total. The molecule has 140 valence electrons. The molecule has 3 amide bonds. The van der Waals surface area contributed by atoms with Gasteiger partial charge < -0.3 is 10.4 Å². The minimum Gasteiger partial charge on any atom is -0.506 e. The zero-order chi connectivity index (χ0) is 18.9. The summed E-state index contributed by atoms with van der Waals surface area (Å²) in [5.41, 5.74) is 0.250. The fraction of sp³-hybridized carbons (Fsp3) is 0.450. The SMILES string of the molecule is O=C(CCN1C(=O)[C@@H]2[C@H]3C=C[C@H]([C@H]4C[C@@H]34)[C@@H]2C1=O)Nc1ccc(Cl)cc1O. The number of rotatable bonds is 4. The fourth-order valence-corrected chi connectivity index (χ4v) is 5.44. The Labute approximate surface area is 161 Å². The third-order valence-electron chi connectivity index (χ3n) is 6.55. The first-order valence-electron chi connectivity index (χ1n) is 9.27.